The highest BCUT2D eigenvalue weighted by molar-refractivity contribution is 7.77. The fourth-order valence-electron chi connectivity index (χ4n) is 6.83. The molecular formula is C39H45NO2P2. The second-order valence-electron chi connectivity index (χ2n) is 12.0. The Morgan fingerprint density at radius 1 is 0.705 bits per heavy atom. The Labute approximate surface area is 268 Å². The van der Waals surface area contributed by atoms with Crippen LogP contribution in [0.25, 0.3) is 5.57 Å². The maximum absolute atomic E-state index is 5.84. The zero-order valence-electron chi connectivity index (χ0n) is 27.5. The first-order valence-corrected chi connectivity index (χ1v) is 17.1. The molecule has 0 fully saturated rings. The van der Waals surface area contributed by atoms with Crippen LogP contribution < -0.4 is 20.1 Å². The molecule has 44 heavy (non-hydrogen) atoms. The van der Waals surface area contributed by atoms with Crippen LogP contribution in [0.15, 0.2) is 101 Å². The van der Waals surface area contributed by atoms with Crippen LogP contribution in [0.2, 0.25) is 0 Å². The number of nitrogens with zero attached hydrogens (tertiary/aromatic N) is 1. The Morgan fingerprint density at radius 3 is 1.55 bits per heavy atom. The van der Waals surface area contributed by atoms with E-state index in [0.717, 1.165) is 33.8 Å². The molecule has 0 radical (unpaired) electrons. The summed E-state index contributed by atoms with van der Waals surface area (Å²) in [5.41, 5.74) is 10.00. The van der Waals surface area contributed by atoms with Gasteiger partial charge in [0.25, 0.3) is 0 Å². The highest BCUT2D eigenvalue weighted by Gasteiger charge is 2.41. The van der Waals surface area contributed by atoms with E-state index in [1.54, 1.807) is 14.2 Å². The Bertz CT molecular complexity index is 1640. The molecule has 0 aromatic heterocycles. The van der Waals surface area contributed by atoms with Crippen LogP contribution in [0.3, 0.4) is 0 Å². The van der Waals surface area contributed by atoms with E-state index in [-0.39, 0.29) is 12.0 Å². The molecule has 1 aliphatic rings. The van der Waals surface area contributed by atoms with Gasteiger partial charge in [0.1, 0.15) is 11.5 Å². The second kappa shape index (κ2) is 13.4. The summed E-state index contributed by atoms with van der Waals surface area (Å²) in [6, 6.07) is 31.7. The smallest absolute Gasteiger partial charge is 0.124 e. The van der Waals surface area contributed by atoms with E-state index in [2.05, 4.69) is 148 Å². The summed E-state index contributed by atoms with van der Waals surface area (Å²) in [7, 11) is 10.3. The van der Waals surface area contributed by atoms with Crippen LogP contribution in [-0.2, 0) is 0 Å². The van der Waals surface area contributed by atoms with Crippen molar-refractivity contribution in [2.75, 3.05) is 28.3 Å². The average molecular weight is 622 g/mol. The van der Waals surface area contributed by atoms with Crippen molar-refractivity contribution in [1.82, 2.24) is 4.90 Å². The monoisotopic (exact) mass is 621 g/mol. The predicted molar refractivity (Wildman–Crippen MR) is 194 cm³/mol. The average Bonchev–Trinajstić information content (AvgIpc) is 3.30. The van der Waals surface area contributed by atoms with Crippen LogP contribution in [0.5, 0.6) is 11.5 Å². The minimum Gasteiger partial charge on any atom is -0.496 e. The van der Waals surface area contributed by atoms with E-state index < -0.39 is 7.92 Å². The molecule has 3 unspecified atom stereocenters. The summed E-state index contributed by atoms with van der Waals surface area (Å²) in [5.74, 6) is 1.99. The molecule has 0 spiro atoms. The summed E-state index contributed by atoms with van der Waals surface area (Å²) < 4.78 is 11.7. The third-order valence-electron chi connectivity index (χ3n) is 8.89. The van der Waals surface area contributed by atoms with E-state index in [0.29, 0.717) is 0 Å². The number of allylic oxidation sites excluding steroid dienone is 3. The number of hydrogen-bond donors (Lipinski definition) is 0. The van der Waals surface area contributed by atoms with Gasteiger partial charge in [-0.25, -0.2) is 0 Å². The highest BCUT2D eigenvalue weighted by Crippen LogP contribution is 2.62. The van der Waals surface area contributed by atoms with Gasteiger partial charge in [-0.05, 0) is 135 Å². The lowest BCUT2D eigenvalue weighted by molar-refractivity contribution is 0.344. The molecule has 0 saturated carbocycles. The molecule has 5 heteroatoms. The van der Waals surface area contributed by atoms with Gasteiger partial charge in [-0.15, -0.1) is 9.24 Å². The van der Waals surface area contributed by atoms with Crippen LogP contribution in [0.4, 0.5) is 0 Å². The summed E-state index contributed by atoms with van der Waals surface area (Å²) in [6.07, 6.45) is 0. The van der Waals surface area contributed by atoms with Gasteiger partial charge >= 0.3 is 0 Å². The van der Waals surface area contributed by atoms with Gasteiger partial charge < -0.3 is 14.4 Å². The predicted octanol–water partition coefficient (Wildman–Crippen LogP) is 8.66. The number of benzene rings is 4. The molecular weight excluding hydrogens is 576 g/mol. The summed E-state index contributed by atoms with van der Waals surface area (Å²) in [5, 5.41) is 5.44. The Morgan fingerprint density at radius 2 is 1.14 bits per heavy atom. The Hall–Kier alpha value is -3.22. The molecule has 3 nitrogen and oxygen atoms in total. The molecule has 0 amide bonds. The third-order valence-corrected chi connectivity index (χ3v) is 12.3. The summed E-state index contributed by atoms with van der Waals surface area (Å²) >= 11 is 0. The molecule has 3 atom stereocenters. The SMILES string of the molecule is COc1c(C)cc(C2=C(P(c3ccccc3)c3ccccc3)C(P)=C(C(C)N(C)C)C2c2cc(C)c(OC)c(C)c2)cc1C. The normalized spacial score (nSPS) is 15.9. The first-order valence-electron chi connectivity index (χ1n) is 15.2. The largest absolute Gasteiger partial charge is 0.496 e. The standard InChI is InChI=1S/C39H45NO2P2/c1-24-20-29(21-25(2)36(24)41-8)34-33(28(5)40(6)7)38(43)39(35(34)30-22-26(3)37(42-9)27(4)23-30)44(31-16-12-10-13-17-31)32-18-14-11-15-19-32/h10-23,28,34H,43H2,1-9H3. The van der Waals surface area contributed by atoms with Crippen LogP contribution >= 0.6 is 17.2 Å². The lowest BCUT2D eigenvalue weighted by Gasteiger charge is -2.30. The van der Waals surface area contributed by atoms with Crippen molar-refractivity contribution >= 4 is 33.3 Å². The van der Waals surface area contributed by atoms with E-state index in [4.69, 9.17) is 9.47 Å². The molecule has 4 aromatic rings. The lowest BCUT2D eigenvalue weighted by atomic mass is 9.80. The third kappa shape index (κ3) is 5.91. The van der Waals surface area contributed by atoms with Crippen molar-refractivity contribution in [1.29, 1.82) is 0 Å². The van der Waals surface area contributed by atoms with Crippen molar-refractivity contribution in [3.05, 3.63) is 135 Å². The fourth-order valence-corrected chi connectivity index (χ4v) is 10.4. The van der Waals surface area contributed by atoms with Gasteiger partial charge in [-0.3, -0.25) is 0 Å². The maximum Gasteiger partial charge on any atom is 0.124 e. The molecule has 0 aliphatic heterocycles. The van der Waals surface area contributed by atoms with Crippen LogP contribution in [-0.4, -0.2) is 39.3 Å². The molecule has 1 aliphatic carbocycles. The maximum atomic E-state index is 5.84. The fraction of sp³-hybridized carbons (Fsp3) is 0.282. The van der Waals surface area contributed by atoms with E-state index in [1.165, 1.54) is 43.5 Å². The topological polar surface area (TPSA) is 21.7 Å². The molecule has 0 bridgehead atoms. The van der Waals surface area contributed by atoms with Crippen LogP contribution in [0.1, 0.15) is 46.2 Å². The van der Waals surface area contributed by atoms with Gasteiger partial charge in [0, 0.05) is 12.0 Å². The summed E-state index contributed by atoms with van der Waals surface area (Å²) in [4.78, 5) is 2.34. The molecule has 0 saturated heterocycles. The first-order chi connectivity index (χ1) is 21.1. The van der Waals surface area contributed by atoms with E-state index >= 15 is 0 Å². The minimum absolute atomic E-state index is 0.0721. The van der Waals surface area contributed by atoms with Gasteiger partial charge in [-0.2, -0.15) is 0 Å². The molecule has 5 rings (SSSR count). The second-order valence-corrected chi connectivity index (χ2v) is 14.8. The van der Waals surface area contributed by atoms with Crippen molar-refractivity contribution in [3.8, 4) is 11.5 Å². The molecule has 4 aromatic carbocycles. The van der Waals surface area contributed by atoms with E-state index in [9.17, 15) is 0 Å². The number of methoxy groups -OCH3 is 2. The van der Waals surface area contributed by atoms with Gasteiger partial charge in [0.05, 0.1) is 14.2 Å². The number of hydrogen-bond acceptors (Lipinski definition) is 3. The minimum atomic E-state index is -0.871. The van der Waals surface area contributed by atoms with Crippen molar-refractivity contribution < 1.29 is 9.47 Å². The first kappa shape index (κ1) is 32.2. The molecule has 228 valence electrons. The number of rotatable bonds is 9. The Kier molecular flexibility index (Phi) is 9.81. The van der Waals surface area contributed by atoms with Gasteiger partial charge in [0.15, 0.2) is 0 Å². The number of likely N-dealkylation sites (N-methyl/N-ethyl adjacent to an activating group) is 1. The van der Waals surface area contributed by atoms with E-state index in [1.807, 2.05) is 0 Å². The van der Waals surface area contributed by atoms with Crippen LogP contribution in [0, 0.1) is 27.7 Å². The lowest BCUT2D eigenvalue weighted by Crippen LogP contribution is -2.29. The highest BCUT2D eigenvalue weighted by atomic mass is 31.1. The summed E-state index contributed by atoms with van der Waals surface area (Å²) in [6.45, 7) is 11.0. The quantitative estimate of drug-likeness (QED) is 0.175. The zero-order chi connectivity index (χ0) is 31.7. The van der Waals surface area contributed by atoms with Crippen molar-refractivity contribution in [3.63, 3.8) is 0 Å². The molecule has 0 heterocycles. The zero-order valence-corrected chi connectivity index (χ0v) is 29.6. The van der Waals surface area contributed by atoms with Crippen molar-refractivity contribution in [2.24, 2.45) is 0 Å². The Balaban J connectivity index is 1.94. The van der Waals surface area contributed by atoms with Gasteiger partial charge in [0.2, 0.25) is 0 Å². The van der Waals surface area contributed by atoms with Crippen molar-refractivity contribution in [2.45, 2.75) is 46.6 Å². The number of aryl methyl sites for hydroxylation is 4. The van der Waals surface area contributed by atoms with Gasteiger partial charge in [-0.1, -0.05) is 72.8 Å². The molecule has 0 N–H and O–H groups in total. The number of ether oxygens (including phenoxy) is 2.